The maximum atomic E-state index is 4.80. The lowest BCUT2D eigenvalue weighted by Crippen LogP contribution is -1.91. The van der Waals surface area contributed by atoms with E-state index in [0.29, 0.717) is 5.82 Å². The van der Waals surface area contributed by atoms with Crippen LogP contribution in [0.3, 0.4) is 0 Å². The highest BCUT2D eigenvalue weighted by molar-refractivity contribution is 7.18. The molecule has 5 heteroatoms. The number of nitrogens with zero attached hydrogens (tertiary/aromatic N) is 4. The number of pyridine rings is 1. The summed E-state index contributed by atoms with van der Waals surface area (Å²) in [6.07, 6.45) is 8.91. The van der Waals surface area contributed by atoms with Crippen LogP contribution in [-0.2, 0) is 6.42 Å². The average Bonchev–Trinajstić information content (AvgIpc) is 3.15. The third-order valence-corrected chi connectivity index (χ3v) is 5.85. The van der Waals surface area contributed by atoms with E-state index in [4.69, 9.17) is 9.97 Å². The summed E-state index contributed by atoms with van der Waals surface area (Å²) in [4.78, 5) is 19.2. The second-order valence-electron chi connectivity index (χ2n) is 6.74. The molecule has 0 aliphatic rings. The van der Waals surface area contributed by atoms with Crippen LogP contribution in [0.1, 0.15) is 31.0 Å². The van der Waals surface area contributed by atoms with Crippen LogP contribution in [0, 0.1) is 6.92 Å². The molecule has 4 nitrogen and oxygen atoms in total. The van der Waals surface area contributed by atoms with E-state index in [1.165, 1.54) is 18.4 Å². The molecular weight excluding hydrogens is 364 g/mol. The third kappa shape index (κ3) is 3.99. The third-order valence-electron chi connectivity index (χ3n) is 4.62. The fourth-order valence-corrected chi connectivity index (χ4v) is 4.11. The van der Waals surface area contributed by atoms with E-state index in [1.807, 2.05) is 25.1 Å². The predicted octanol–water partition coefficient (Wildman–Crippen LogP) is 5.98. The van der Waals surface area contributed by atoms with Gasteiger partial charge in [-0.3, -0.25) is 4.98 Å². The Morgan fingerprint density at radius 3 is 2.54 bits per heavy atom. The highest BCUT2D eigenvalue weighted by Gasteiger charge is 2.14. The molecular formula is C23H22N4S. The molecule has 0 spiro atoms. The lowest BCUT2D eigenvalue weighted by Gasteiger charge is -2.02. The van der Waals surface area contributed by atoms with Crippen molar-refractivity contribution in [1.29, 1.82) is 0 Å². The van der Waals surface area contributed by atoms with Gasteiger partial charge in [0.25, 0.3) is 0 Å². The van der Waals surface area contributed by atoms with Gasteiger partial charge in [0.1, 0.15) is 5.01 Å². The Morgan fingerprint density at radius 1 is 0.929 bits per heavy atom. The van der Waals surface area contributed by atoms with E-state index in [0.717, 1.165) is 38.8 Å². The van der Waals surface area contributed by atoms with Crippen molar-refractivity contribution in [3.63, 3.8) is 0 Å². The van der Waals surface area contributed by atoms with E-state index in [1.54, 1.807) is 29.9 Å². The highest BCUT2D eigenvalue weighted by Crippen LogP contribution is 2.34. The second-order valence-corrected chi connectivity index (χ2v) is 7.74. The molecule has 0 aliphatic heterocycles. The number of aryl methyl sites for hydroxylation is 2. The number of aromatic nitrogens is 4. The first kappa shape index (κ1) is 18.4. The van der Waals surface area contributed by atoms with Crippen LogP contribution in [0.4, 0.5) is 0 Å². The fraction of sp³-hybridized carbons (Fsp3) is 0.217. The average molecular weight is 387 g/mol. The second kappa shape index (κ2) is 8.40. The minimum atomic E-state index is 0.681. The van der Waals surface area contributed by atoms with E-state index < -0.39 is 0 Å². The van der Waals surface area contributed by atoms with Gasteiger partial charge >= 0.3 is 0 Å². The summed E-state index contributed by atoms with van der Waals surface area (Å²) in [5.74, 6) is 0.681. The van der Waals surface area contributed by atoms with Crippen LogP contribution in [0.5, 0.6) is 0 Å². The zero-order valence-corrected chi connectivity index (χ0v) is 16.9. The number of hydrogen-bond donors (Lipinski definition) is 0. The monoisotopic (exact) mass is 386 g/mol. The van der Waals surface area contributed by atoms with Crippen molar-refractivity contribution in [2.45, 2.75) is 33.1 Å². The normalized spacial score (nSPS) is 10.9. The smallest absolute Gasteiger partial charge is 0.161 e. The van der Waals surface area contributed by atoms with Crippen molar-refractivity contribution in [2.75, 3.05) is 0 Å². The Bertz CT molecular complexity index is 1060. The van der Waals surface area contributed by atoms with E-state index >= 15 is 0 Å². The van der Waals surface area contributed by atoms with Gasteiger partial charge in [-0.1, -0.05) is 37.6 Å². The van der Waals surface area contributed by atoms with Crippen molar-refractivity contribution in [3.05, 3.63) is 72.3 Å². The molecule has 0 bridgehead atoms. The van der Waals surface area contributed by atoms with Crippen molar-refractivity contribution in [3.8, 4) is 32.5 Å². The number of hydrogen-bond acceptors (Lipinski definition) is 5. The van der Waals surface area contributed by atoms with Gasteiger partial charge in [0.05, 0.1) is 16.3 Å². The zero-order chi connectivity index (χ0) is 19.3. The van der Waals surface area contributed by atoms with Gasteiger partial charge < -0.3 is 0 Å². The summed E-state index contributed by atoms with van der Waals surface area (Å²) < 4.78 is 0. The number of rotatable bonds is 6. The Morgan fingerprint density at radius 2 is 1.79 bits per heavy atom. The molecule has 0 amide bonds. The Hall–Kier alpha value is -2.92. The summed E-state index contributed by atoms with van der Waals surface area (Å²) >= 11 is 1.68. The first-order valence-corrected chi connectivity index (χ1v) is 10.4. The SMILES string of the molecule is CCCCc1ccc(-c2nc(C)c(-c3ccnc(-c4cccnc4)n3)s2)cc1. The molecule has 1 aromatic carbocycles. The van der Waals surface area contributed by atoms with Crippen LogP contribution in [0.15, 0.2) is 61.1 Å². The van der Waals surface area contributed by atoms with Crippen LogP contribution >= 0.6 is 11.3 Å². The van der Waals surface area contributed by atoms with Crippen molar-refractivity contribution in [1.82, 2.24) is 19.9 Å². The van der Waals surface area contributed by atoms with Crippen LogP contribution in [0.2, 0.25) is 0 Å². The molecule has 28 heavy (non-hydrogen) atoms. The molecule has 3 heterocycles. The van der Waals surface area contributed by atoms with E-state index in [2.05, 4.69) is 41.2 Å². The van der Waals surface area contributed by atoms with E-state index in [9.17, 15) is 0 Å². The molecule has 0 N–H and O–H groups in total. The maximum Gasteiger partial charge on any atom is 0.161 e. The Kier molecular flexibility index (Phi) is 5.53. The highest BCUT2D eigenvalue weighted by atomic mass is 32.1. The lowest BCUT2D eigenvalue weighted by atomic mass is 10.1. The van der Waals surface area contributed by atoms with Gasteiger partial charge in [-0.15, -0.1) is 11.3 Å². The minimum Gasteiger partial charge on any atom is -0.264 e. The first-order chi connectivity index (χ1) is 13.7. The molecule has 3 aromatic heterocycles. The molecule has 0 saturated heterocycles. The van der Waals surface area contributed by atoms with Gasteiger partial charge in [0.15, 0.2) is 5.82 Å². The summed E-state index contributed by atoms with van der Waals surface area (Å²) in [7, 11) is 0. The number of thiazole rings is 1. The maximum absolute atomic E-state index is 4.80. The number of benzene rings is 1. The van der Waals surface area contributed by atoms with Gasteiger partial charge in [0.2, 0.25) is 0 Å². The molecule has 4 aromatic rings. The summed E-state index contributed by atoms with van der Waals surface area (Å²) in [6, 6.07) is 14.6. The standard InChI is InChI=1S/C23H22N4S/c1-3-4-6-17-8-10-18(11-9-17)23-26-16(2)21(28-23)20-12-14-25-22(27-20)19-7-5-13-24-15-19/h5,7-15H,3-4,6H2,1-2H3. The summed E-state index contributed by atoms with van der Waals surface area (Å²) in [6.45, 7) is 4.26. The van der Waals surface area contributed by atoms with Gasteiger partial charge in [-0.25, -0.2) is 15.0 Å². The number of unbranched alkanes of at least 4 members (excludes halogenated alkanes) is 1. The minimum absolute atomic E-state index is 0.681. The summed E-state index contributed by atoms with van der Waals surface area (Å²) in [5.41, 5.74) is 5.34. The van der Waals surface area contributed by atoms with Crippen LogP contribution < -0.4 is 0 Å². The first-order valence-electron chi connectivity index (χ1n) is 9.55. The van der Waals surface area contributed by atoms with Crippen molar-refractivity contribution in [2.24, 2.45) is 0 Å². The predicted molar refractivity (Wildman–Crippen MR) is 115 cm³/mol. The topological polar surface area (TPSA) is 51.6 Å². The molecule has 0 atom stereocenters. The molecule has 0 fully saturated rings. The van der Waals surface area contributed by atoms with Gasteiger partial charge in [-0.2, -0.15) is 0 Å². The molecule has 0 radical (unpaired) electrons. The molecule has 0 saturated carbocycles. The summed E-state index contributed by atoms with van der Waals surface area (Å²) in [5, 5.41) is 1.02. The zero-order valence-electron chi connectivity index (χ0n) is 16.1. The van der Waals surface area contributed by atoms with Crippen molar-refractivity contribution >= 4 is 11.3 Å². The fourth-order valence-electron chi connectivity index (χ4n) is 3.07. The van der Waals surface area contributed by atoms with E-state index in [-0.39, 0.29) is 0 Å². The quantitative estimate of drug-likeness (QED) is 0.409. The molecule has 4 rings (SSSR count). The lowest BCUT2D eigenvalue weighted by molar-refractivity contribution is 0.795. The van der Waals surface area contributed by atoms with Gasteiger partial charge in [0, 0.05) is 29.7 Å². The largest absolute Gasteiger partial charge is 0.264 e. The molecule has 140 valence electrons. The Labute approximate surface area is 169 Å². The molecule has 0 aliphatic carbocycles. The van der Waals surface area contributed by atoms with Crippen LogP contribution in [-0.4, -0.2) is 19.9 Å². The van der Waals surface area contributed by atoms with Crippen LogP contribution in [0.25, 0.3) is 32.5 Å². The Balaban J connectivity index is 1.63. The van der Waals surface area contributed by atoms with Crippen molar-refractivity contribution < 1.29 is 0 Å². The molecule has 0 unspecified atom stereocenters. The van der Waals surface area contributed by atoms with Gasteiger partial charge in [-0.05, 0) is 43.5 Å².